The molecule has 0 N–H and O–H groups in total. The molecule has 25 heavy (non-hydrogen) atoms. The van der Waals surface area contributed by atoms with Gasteiger partial charge in [-0.2, -0.15) is 0 Å². The highest BCUT2D eigenvalue weighted by Gasteiger charge is 2.25. The van der Waals surface area contributed by atoms with Crippen LogP contribution in [0.1, 0.15) is 20.9 Å². The van der Waals surface area contributed by atoms with E-state index in [-0.39, 0.29) is 18.5 Å². The summed E-state index contributed by atoms with van der Waals surface area (Å²) in [6.45, 7) is 2.98. The van der Waals surface area contributed by atoms with E-state index in [4.69, 9.17) is 13.9 Å². The van der Waals surface area contributed by atoms with E-state index < -0.39 is 0 Å². The van der Waals surface area contributed by atoms with E-state index in [9.17, 15) is 9.59 Å². The number of benzene rings is 1. The number of hydrogen-bond acceptors (Lipinski definition) is 6. The zero-order valence-electron chi connectivity index (χ0n) is 13.6. The summed E-state index contributed by atoms with van der Waals surface area (Å²) in [5.41, 5.74) is 0.610. The van der Waals surface area contributed by atoms with Crippen LogP contribution in [0.4, 0.5) is 0 Å². The Morgan fingerprint density at radius 2 is 1.80 bits per heavy atom. The lowest BCUT2D eigenvalue weighted by molar-refractivity contribution is 0.0596. The molecule has 4 rings (SSSR count). The fourth-order valence-electron chi connectivity index (χ4n) is 3.03. The number of ether oxygens (including phenoxy) is 2. The molecule has 0 spiro atoms. The topological polar surface area (TPSA) is 72.2 Å². The number of nitrogens with zero attached hydrogens (tertiary/aromatic N) is 2. The van der Waals surface area contributed by atoms with Crippen molar-refractivity contribution in [3.05, 3.63) is 47.9 Å². The maximum atomic E-state index is 12.5. The van der Waals surface area contributed by atoms with E-state index in [0.29, 0.717) is 55.5 Å². The highest BCUT2D eigenvalue weighted by Crippen LogP contribution is 2.32. The lowest BCUT2D eigenvalue weighted by Gasteiger charge is -2.33. The molecule has 7 heteroatoms. The molecule has 1 aromatic carbocycles. The Bertz CT molecular complexity index is 779. The van der Waals surface area contributed by atoms with Gasteiger partial charge in [-0.1, -0.05) is 0 Å². The highest BCUT2D eigenvalue weighted by atomic mass is 16.7. The van der Waals surface area contributed by atoms with Crippen molar-refractivity contribution in [3.8, 4) is 11.5 Å². The molecule has 1 fully saturated rings. The van der Waals surface area contributed by atoms with E-state index >= 15 is 0 Å². The number of fused-ring (bicyclic) bond motifs is 1. The number of Topliss-reactive ketones (excluding diaryl/α,β-unsaturated/α-hetero) is 1. The number of rotatable bonds is 4. The normalized spacial score (nSPS) is 16.9. The molecular weight excluding hydrogens is 324 g/mol. The fourth-order valence-corrected chi connectivity index (χ4v) is 3.03. The number of amides is 1. The van der Waals surface area contributed by atoms with Gasteiger partial charge in [-0.15, -0.1) is 0 Å². The van der Waals surface area contributed by atoms with Crippen molar-refractivity contribution in [2.45, 2.75) is 0 Å². The van der Waals surface area contributed by atoms with Gasteiger partial charge in [-0.3, -0.25) is 14.5 Å². The molecule has 0 radical (unpaired) electrons. The number of carbonyl (C=O) groups is 2. The van der Waals surface area contributed by atoms with E-state index in [2.05, 4.69) is 4.90 Å². The summed E-state index contributed by atoms with van der Waals surface area (Å²) in [6.07, 6.45) is 1.49. The minimum atomic E-state index is -0.105. The molecule has 1 saturated heterocycles. The smallest absolute Gasteiger partial charge is 0.289 e. The molecule has 1 amide bonds. The van der Waals surface area contributed by atoms with Gasteiger partial charge in [0.2, 0.25) is 6.79 Å². The van der Waals surface area contributed by atoms with Gasteiger partial charge in [0.25, 0.3) is 5.91 Å². The molecule has 0 bridgehead atoms. The summed E-state index contributed by atoms with van der Waals surface area (Å²) in [4.78, 5) is 28.5. The molecule has 3 heterocycles. The largest absolute Gasteiger partial charge is 0.459 e. The SMILES string of the molecule is O=C(CN1CCN(C(=O)c2ccco2)CC1)c1ccc2c(c1)OCO2. The molecule has 1 aromatic heterocycles. The maximum Gasteiger partial charge on any atom is 0.289 e. The number of furan rings is 1. The van der Waals surface area contributed by atoms with Gasteiger partial charge in [0.05, 0.1) is 12.8 Å². The van der Waals surface area contributed by atoms with Crippen LogP contribution in [0.25, 0.3) is 0 Å². The van der Waals surface area contributed by atoms with Gasteiger partial charge >= 0.3 is 0 Å². The van der Waals surface area contributed by atoms with Crippen molar-refractivity contribution in [2.24, 2.45) is 0 Å². The molecule has 130 valence electrons. The van der Waals surface area contributed by atoms with Crippen molar-refractivity contribution >= 4 is 11.7 Å². The van der Waals surface area contributed by atoms with Crippen LogP contribution in [0.15, 0.2) is 41.0 Å². The fraction of sp³-hybridized carbons (Fsp3) is 0.333. The molecule has 2 aromatic rings. The van der Waals surface area contributed by atoms with Crippen LogP contribution in [0.2, 0.25) is 0 Å². The Balaban J connectivity index is 1.32. The van der Waals surface area contributed by atoms with Crippen molar-refractivity contribution in [1.82, 2.24) is 9.80 Å². The Morgan fingerprint density at radius 1 is 1.00 bits per heavy atom. The number of ketones is 1. The van der Waals surface area contributed by atoms with Crippen LogP contribution in [0, 0.1) is 0 Å². The quantitative estimate of drug-likeness (QED) is 0.787. The first kappa shape index (κ1) is 15.7. The van der Waals surface area contributed by atoms with Gasteiger partial charge in [0, 0.05) is 31.7 Å². The summed E-state index contributed by atoms with van der Waals surface area (Å²) in [5.74, 6) is 1.56. The first-order valence-electron chi connectivity index (χ1n) is 8.19. The molecule has 2 aliphatic heterocycles. The summed E-state index contributed by atoms with van der Waals surface area (Å²) < 4.78 is 15.7. The predicted octanol–water partition coefficient (Wildman–Crippen LogP) is 1.65. The van der Waals surface area contributed by atoms with Gasteiger partial charge in [-0.05, 0) is 30.3 Å². The first-order valence-corrected chi connectivity index (χ1v) is 8.19. The molecule has 0 aliphatic carbocycles. The molecule has 2 aliphatic rings. The summed E-state index contributed by atoms with van der Waals surface area (Å²) >= 11 is 0. The Labute approximate surface area is 144 Å². The minimum Gasteiger partial charge on any atom is -0.459 e. The van der Waals surface area contributed by atoms with Crippen LogP contribution < -0.4 is 9.47 Å². The molecule has 7 nitrogen and oxygen atoms in total. The van der Waals surface area contributed by atoms with E-state index in [0.717, 1.165) is 0 Å². The number of carbonyl (C=O) groups excluding carboxylic acids is 2. The lowest BCUT2D eigenvalue weighted by Crippen LogP contribution is -2.49. The summed E-state index contributed by atoms with van der Waals surface area (Å²) in [7, 11) is 0. The van der Waals surface area contributed by atoms with Crippen molar-refractivity contribution < 1.29 is 23.5 Å². The molecule has 0 unspecified atom stereocenters. The Hall–Kier alpha value is -2.80. The third-order valence-corrected chi connectivity index (χ3v) is 4.45. The molecular formula is C18H18N2O5. The predicted molar refractivity (Wildman–Crippen MR) is 87.9 cm³/mol. The minimum absolute atomic E-state index is 0.0316. The van der Waals surface area contributed by atoms with Crippen LogP contribution in [-0.2, 0) is 0 Å². The van der Waals surface area contributed by atoms with Crippen LogP contribution in [0.3, 0.4) is 0 Å². The van der Waals surface area contributed by atoms with E-state index in [1.165, 1.54) is 6.26 Å². The second-order valence-corrected chi connectivity index (χ2v) is 6.04. The third kappa shape index (κ3) is 3.23. The zero-order valence-corrected chi connectivity index (χ0v) is 13.6. The Kier molecular flexibility index (Phi) is 4.15. The highest BCUT2D eigenvalue weighted by molar-refractivity contribution is 5.98. The third-order valence-electron chi connectivity index (χ3n) is 4.45. The van der Waals surface area contributed by atoms with E-state index in [1.54, 1.807) is 35.2 Å². The second kappa shape index (κ2) is 6.60. The maximum absolute atomic E-state index is 12.5. The summed E-state index contributed by atoms with van der Waals surface area (Å²) in [6, 6.07) is 8.61. The van der Waals surface area contributed by atoms with Crippen molar-refractivity contribution in [3.63, 3.8) is 0 Å². The average Bonchev–Trinajstić information content (AvgIpc) is 3.32. The zero-order chi connectivity index (χ0) is 17.2. The van der Waals surface area contributed by atoms with Gasteiger partial charge in [0.15, 0.2) is 23.0 Å². The van der Waals surface area contributed by atoms with Crippen LogP contribution in [-0.4, -0.2) is 61.0 Å². The van der Waals surface area contributed by atoms with Crippen LogP contribution in [0.5, 0.6) is 11.5 Å². The van der Waals surface area contributed by atoms with Gasteiger partial charge in [-0.25, -0.2) is 0 Å². The molecule has 0 atom stereocenters. The summed E-state index contributed by atoms with van der Waals surface area (Å²) in [5, 5.41) is 0. The van der Waals surface area contributed by atoms with Gasteiger partial charge < -0.3 is 18.8 Å². The van der Waals surface area contributed by atoms with Crippen LogP contribution >= 0.6 is 0 Å². The monoisotopic (exact) mass is 342 g/mol. The van der Waals surface area contributed by atoms with Gasteiger partial charge in [0.1, 0.15) is 0 Å². The molecule has 0 saturated carbocycles. The van der Waals surface area contributed by atoms with Crippen molar-refractivity contribution in [1.29, 1.82) is 0 Å². The first-order chi connectivity index (χ1) is 12.2. The average molecular weight is 342 g/mol. The van der Waals surface area contributed by atoms with E-state index in [1.807, 2.05) is 0 Å². The Morgan fingerprint density at radius 3 is 2.56 bits per heavy atom. The lowest BCUT2D eigenvalue weighted by atomic mass is 10.1. The second-order valence-electron chi connectivity index (χ2n) is 6.04. The standard InChI is InChI=1S/C18H18N2O5/c21-14(13-3-4-15-17(10-13)25-12-24-15)11-19-5-7-20(8-6-19)18(22)16-2-1-9-23-16/h1-4,9-10H,5-8,11-12H2. The van der Waals surface area contributed by atoms with Crippen molar-refractivity contribution in [2.75, 3.05) is 39.5 Å². The number of hydrogen-bond donors (Lipinski definition) is 0. The number of piperazine rings is 1.